The number of fused-ring (bicyclic) bond motifs is 1. The van der Waals surface area contributed by atoms with E-state index in [9.17, 15) is 13.2 Å². The second-order valence-corrected chi connectivity index (χ2v) is 14.5. The number of rotatable bonds is 10. The number of hydrogen-bond donors (Lipinski definition) is 1. The first-order valence-corrected chi connectivity index (χ1v) is 17.4. The van der Waals surface area contributed by atoms with Crippen LogP contribution in [0.1, 0.15) is 135 Å². The highest BCUT2D eigenvalue weighted by Crippen LogP contribution is 2.27. The summed E-state index contributed by atoms with van der Waals surface area (Å²) in [6, 6.07) is 7.91. The van der Waals surface area contributed by atoms with Gasteiger partial charge in [-0.1, -0.05) is 70.5 Å². The molecule has 2 fully saturated rings. The Morgan fingerprint density at radius 3 is 1.90 bits per heavy atom. The molecule has 0 spiro atoms. The van der Waals surface area contributed by atoms with Gasteiger partial charge in [-0.15, -0.1) is 11.3 Å². The highest BCUT2D eigenvalue weighted by molar-refractivity contribution is 7.90. The topological polar surface area (TPSA) is 120 Å². The first-order valence-electron chi connectivity index (χ1n) is 15.0. The zero-order valence-corrected chi connectivity index (χ0v) is 27.3. The summed E-state index contributed by atoms with van der Waals surface area (Å²) < 4.78 is 35.8. The van der Waals surface area contributed by atoms with Gasteiger partial charge in [0.25, 0.3) is 0 Å². The summed E-state index contributed by atoms with van der Waals surface area (Å²) in [7, 11) is -2.94. The molecule has 2 aliphatic rings. The van der Waals surface area contributed by atoms with Crippen LogP contribution < -0.4 is 9.46 Å². The molecule has 0 saturated heterocycles. The van der Waals surface area contributed by atoms with E-state index in [-0.39, 0.29) is 79.9 Å². The highest BCUT2D eigenvalue weighted by atomic mass is 32.2. The van der Waals surface area contributed by atoms with Gasteiger partial charge in [0.05, 0.1) is 33.3 Å². The molecule has 9 nitrogen and oxygen atoms in total. The van der Waals surface area contributed by atoms with Crippen molar-refractivity contribution in [1.29, 1.82) is 0 Å². The molecule has 5 rings (SSSR count). The van der Waals surface area contributed by atoms with Gasteiger partial charge in [0.15, 0.2) is 0 Å². The fourth-order valence-electron chi connectivity index (χ4n) is 4.21. The minimum absolute atomic E-state index is 0. The minimum atomic E-state index is -2.94. The summed E-state index contributed by atoms with van der Waals surface area (Å²) in [5, 5.41) is 3.02. The van der Waals surface area contributed by atoms with E-state index >= 15 is 0 Å². The monoisotopic (exact) mass is 714 g/mol. The van der Waals surface area contributed by atoms with Crippen LogP contribution in [0.15, 0.2) is 35.8 Å². The number of nitrogens with one attached hydrogen (secondary N) is 1. The largest absolute Gasteiger partial charge is 0.474 e. The molecule has 0 atom stereocenters. The van der Waals surface area contributed by atoms with Gasteiger partial charge in [0.1, 0.15) is 11.8 Å². The van der Waals surface area contributed by atoms with E-state index in [1.165, 1.54) is 12.8 Å². The molecular weight excluding hydrogens is 645 g/mol. The minimum Gasteiger partial charge on any atom is -0.474 e. The van der Waals surface area contributed by atoms with Crippen LogP contribution in [-0.2, 0) is 32.4 Å². The maximum absolute atomic E-state index is 11.1. The van der Waals surface area contributed by atoms with Gasteiger partial charge in [-0.2, -0.15) is 0 Å². The van der Waals surface area contributed by atoms with Crippen molar-refractivity contribution in [2.24, 2.45) is 5.92 Å². The number of esters is 1. The van der Waals surface area contributed by atoms with Crippen molar-refractivity contribution in [3.63, 3.8) is 0 Å². The zero-order chi connectivity index (χ0) is 30.7. The molecule has 1 aromatic carbocycles. The second-order valence-electron chi connectivity index (χ2n) is 11.6. The van der Waals surface area contributed by atoms with Crippen molar-refractivity contribution in [2.75, 3.05) is 0 Å². The number of carbonyl (C=O) groups excluding carboxylic acids is 1. The molecule has 0 bridgehead atoms. The average molecular weight is 715 g/mol. The molecule has 3 aromatic rings. The van der Waals surface area contributed by atoms with Crippen LogP contribution in [0.4, 0.5) is 0 Å². The van der Waals surface area contributed by atoms with Gasteiger partial charge in [0.2, 0.25) is 15.9 Å². The Bertz CT molecular complexity index is 1350. The zero-order valence-electron chi connectivity index (χ0n) is 25.7. The fourth-order valence-corrected chi connectivity index (χ4v) is 6.44. The molecule has 0 amide bonds. The molecular formula is C37H70N4O5S2. The van der Waals surface area contributed by atoms with Gasteiger partial charge < -0.3 is 9.47 Å². The van der Waals surface area contributed by atoms with Crippen molar-refractivity contribution >= 4 is 38.4 Å². The number of nitrogens with zero attached hydrogens (tertiary/aromatic N) is 3. The molecule has 2 aliphatic carbocycles. The SMILES string of the molecule is C.C.C.C.C.C.CC(C)C(=O)OC1CCCC1.CC(C)NS(=O)(=O)C1CC1.CC(C)Oc1nc2ccccc2nc1CCc1nccs1. The molecule has 0 radical (unpaired) electrons. The summed E-state index contributed by atoms with van der Waals surface area (Å²) in [5.41, 5.74) is 2.67. The second kappa shape index (κ2) is 25.4. The van der Waals surface area contributed by atoms with E-state index in [1.54, 1.807) is 11.3 Å². The van der Waals surface area contributed by atoms with Crippen LogP contribution in [0.3, 0.4) is 0 Å². The van der Waals surface area contributed by atoms with Gasteiger partial charge >= 0.3 is 5.97 Å². The molecule has 1 N–H and O–H groups in total. The normalized spacial score (nSPS) is 13.4. The Balaban J connectivity index is -0.000000311. The van der Waals surface area contributed by atoms with Crippen LogP contribution in [0.2, 0.25) is 0 Å². The number of ether oxygens (including phenoxy) is 2. The van der Waals surface area contributed by atoms with Crippen molar-refractivity contribution in [1.82, 2.24) is 19.7 Å². The quantitative estimate of drug-likeness (QED) is 0.206. The highest BCUT2D eigenvalue weighted by Gasteiger charge is 2.35. The maximum Gasteiger partial charge on any atom is 0.308 e. The third kappa shape index (κ3) is 18.2. The number of hydrogen-bond acceptors (Lipinski definition) is 9. The molecule has 0 unspecified atom stereocenters. The molecule has 2 heterocycles. The van der Waals surface area contributed by atoms with Crippen molar-refractivity contribution in [2.45, 2.75) is 161 Å². The van der Waals surface area contributed by atoms with E-state index in [0.717, 1.165) is 60.3 Å². The number of aryl methyl sites for hydroxylation is 2. The first kappa shape index (κ1) is 52.2. The van der Waals surface area contributed by atoms with Crippen molar-refractivity contribution in [3.05, 3.63) is 46.5 Å². The Hall–Kier alpha value is -2.63. The molecule has 48 heavy (non-hydrogen) atoms. The molecule has 280 valence electrons. The molecule has 2 saturated carbocycles. The molecule has 0 aliphatic heterocycles. The third-order valence-corrected chi connectivity index (χ3v) is 9.42. The van der Waals surface area contributed by atoms with Crippen LogP contribution in [-0.4, -0.2) is 52.8 Å². The van der Waals surface area contributed by atoms with E-state index in [4.69, 9.17) is 14.5 Å². The molecule has 11 heteroatoms. The van der Waals surface area contributed by atoms with Gasteiger partial charge in [0, 0.05) is 30.5 Å². The van der Waals surface area contributed by atoms with Crippen molar-refractivity contribution in [3.8, 4) is 5.88 Å². The van der Waals surface area contributed by atoms with E-state index in [0.29, 0.717) is 5.88 Å². The predicted molar refractivity (Wildman–Crippen MR) is 209 cm³/mol. The lowest BCUT2D eigenvalue weighted by Gasteiger charge is -2.13. The Morgan fingerprint density at radius 1 is 0.875 bits per heavy atom. The molecule has 2 aromatic heterocycles. The van der Waals surface area contributed by atoms with Gasteiger partial charge in [-0.05, 0) is 78.4 Å². The van der Waals surface area contributed by atoms with Crippen molar-refractivity contribution < 1.29 is 22.7 Å². The van der Waals surface area contributed by atoms with Gasteiger partial charge in [-0.3, -0.25) is 4.79 Å². The van der Waals surface area contributed by atoms with Gasteiger partial charge in [-0.25, -0.2) is 28.1 Å². The Kier molecular flexibility index (Phi) is 27.6. The number of aromatic nitrogens is 3. The van der Waals surface area contributed by atoms with E-state index in [2.05, 4.69) is 14.7 Å². The van der Waals surface area contributed by atoms with Crippen LogP contribution in [0, 0.1) is 5.92 Å². The first-order chi connectivity index (χ1) is 19.9. The lowest BCUT2D eigenvalue weighted by molar-refractivity contribution is -0.152. The Labute approximate surface area is 299 Å². The smallest absolute Gasteiger partial charge is 0.308 e. The lowest BCUT2D eigenvalue weighted by Crippen LogP contribution is -2.32. The summed E-state index contributed by atoms with van der Waals surface area (Å²) in [6.07, 6.45) is 10.0. The Morgan fingerprint density at radius 2 is 1.44 bits per heavy atom. The summed E-state index contributed by atoms with van der Waals surface area (Å²) in [6.45, 7) is 11.4. The fraction of sp³-hybridized carbons (Fsp3) is 0.676. The van der Waals surface area contributed by atoms with E-state index in [1.807, 2.05) is 77.4 Å². The average Bonchev–Trinajstić information content (AvgIpc) is 3.44. The number of thiazole rings is 1. The predicted octanol–water partition coefficient (Wildman–Crippen LogP) is 10.1. The van der Waals surface area contributed by atoms with Crippen LogP contribution in [0.25, 0.3) is 11.0 Å². The summed E-state index contributed by atoms with van der Waals surface area (Å²) >= 11 is 1.67. The lowest BCUT2D eigenvalue weighted by atomic mass is 10.2. The maximum atomic E-state index is 11.1. The number of para-hydroxylation sites is 2. The summed E-state index contributed by atoms with van der Waals surface area (Å²) in [5.74, 6) is 0.618. The standard InChI is InChI=1S/C16H17N3OS.C9H16O2.C6H13NO2S.6CH4/c1-11(2)20-16-14(7-8-15-17-9-10-21-15)18-12-5-3-4-6-13(12)19-16;1-7(2)9(10)11-8-5-3-4-6-8;1-5(2)7-10(8,9)6-3-4-6;;;;;;/h3-6,9-11H,7-8H2,1-2H3;7-8H,3-6H2,1-2H3;5-7H,3-4H2,1-2H3;6*1H4. The van der Waals surface area contributed by atoms with E-state index < -0.39 is 10.0 Å². The summed E-state index contributed by atoms with van der Waals surface area (Å²) in [4.78, 5) is 24.7. The van der Waals surface area contributed by atoms with Crippen LogP contribution in [0.5, 0.6) is 5.88 Å². The third-order valence-electron chi connectivity index (χ3n) is 6.43. The number of carbonyl (C=O) groups is 1. The van der Waals surface area contributed by atoms with Crippen LogP contribution >= 0.6 is 11.3 Å². The number of sulfonamides is 1. The number of benzene rings is 1.